The summed E-state index contributed by atoms with van der Waals surface area (Å²) in [5.41, 5.74) is 7.01. The molecule has 0 unspecified atom stereocenters. The van der Waals surface area contributed by atoms with E-state index in [2.05, 4.69) is 33.2 Å². The minimum absolute atomic E-state index is 0.0611. The number of hydrogen-bond acceptors (Lipinski definition) is 5. The largest absolute Gasteiger partial charge is 0.398 e. The number of nitrogens with two attached hydrogens (primary N) is 1. The Morgan fingerprint density at radius 2 is 1.94 bits per heavy atom. The Morgan fingerprint density at radius 1 is 1.18 bits per heavy atom. The van der Waals surface area contributed by atoms with Crippen LogP contribution in [0.3, 0.4) is 0 Å². The van der Waals surface area contributed by atoms with Gasteiger partial charge < -0.3 is 20.4 Å². The van der Waals surface area contributed by atoms with Crippen molar-refractivity contribution in [2.45, 2.75) is 25.8 Å². The number of piperazine rings is 1. The van der Waals surface area contributed by atoms with Gasteiger partial charge in [-0.1, -0.05) is 18.2 Å². The molecule has 0 radical (unpaired) electrons. The number of hydrogen-bond donors (Lipinski definition) is 1. The van der Waals surface area contributed by atoms with Gasteiger partial charge in [0.25, 0.3) is 0 Å². The summed E-state index contributed by atoms with van der Waals surface area (Å²) in [6.45, 7) is 10.1. The highest BCUT2D eigenvalue weighted by atomic mass is 35.5. The Balaban J connectivity index is 1.62. The van der Waals surface area contributed by atoms with Gasteiger partial charge in [-0.25, -0.2) is 18.8 Å². The van der Waals surface area contributed by atoms with Crippen LogP contribution in [-0.4, -0.2) is 59.4 Å². The maximum absolute atomic E-state index is 13.8. The van der Waals surface area contributed by atoms with Crippen LogP contribution in [0.1, 0.15) is 25.3 Å². The van der Waals surface area contributed by atoms with Gasteiger partial charge in [0, 0.05) is 62.3 Å². The summed E-state index contributed by atoms with van der Waals surface area (Å²) in [5, 5.41) is 0.613. The van der Waals surface area contributed by atoms with Gasteiger partial charge in [-0.15, -0.1) is 0 Å². The number of likely N-dealkylation sites (tertiary alicyclic amines) is 1. The summed E-state index contributed by atoms with van der Waals surface area (Å²) in [7, 11) is 0. The highest BCUT2D eigenvalue weighted by molar-refractivity contribution is 6.32. The van der Waals surface area contributed by atoms with Gasteiger partial charge in [0.1, 0.15) is 17.5 Å². The van der Waals surface area contributed by atoms with Crippen molar-refractivity contribution in [3.8, 4) is 0 Å². The number of aliphatic imine (C=N–C) groups is 1. The molecule has 2 N–H and O–H groups in total. The van der Waals surface area contributed by atoms with E-state index in [0.29, 0.717) is 47.6 Å². The molecule has 2 aromatic rings. The second kappa shape index (κ2) is 10.4. The number of anilines is 1. The smallest absolute Gasteiger partial charge is 0.159 e. The normalized spacial score (nSPS) is 19.6. The molecule has 0 saturated carbocycles. The summed E-state index contributed by atoms with van der Waals surface area (Å²) in [6, 6.07) is 7.33. The van der Waals surface area contributed by atoms with Crippen LogP contribution in [0.5, 0.6) is 0 Å². The Morgan fingerprint density at radius 3 is 2.62 bits per heavy atom. The number of rotatable bonds is 5. The lowest BCUT2D eigenvalue weighted by Gasteiger charge is -2.42. The predicted octanol–water partition coefficient (Wildman–Crippen LogP) is 4.49. The summed E-state index contributed by atoms with van der Waals surface area (Å²) >= 11 is 6.36. The van der Waals surface area contributed by atoms with Crippen molar-refractivity contribution in [2.24, 2.45) is 10.7 Å². The Labute approximate surface area is 204 Å². The predicted molar refractivity (Wildman–Crippen MR) is 134 cm³/mol. The molecular formula is C25H29ClF2N6. The van der Waals surface area contributed by atoms with E-state index in [1.807, 2.05) is 12.1 Å². The van der Waals surface area contributed by atoms with Crippen LogP contribution in [-0.2, 0) is 0 Å². The van der Waals surface area contributed by atoms with E-state index < -0.39 is 11.6 Å². The Bertz CT molecular complexity index is 1110. The van der Waals surface area contributed by atoms with Gasteiger partial charge in [-0.3, -0.25) is 0 Å². The fourth-order valence-corrected chi connectivity index (χ4v) is 4.60. The third-order valence-electron chi connectivity index (χ3n) is 6.21. The van der Waals surface area contributed by atoms with Gasteiger partial charge in [0.2, 0.25) is 0 Å². The van der Waals surface area contributed by atoms with Crippen molar-refractivity contribution in [2.75, 3.05) is 37.6 Å². The topological polar surface area (TPSA) is 61.0 Å². The molecule has 180 valence electrons. The lowest BCUT2D eigenvalue weighted by molar-refractivity contribution is 0.297. The number of amidine groups is 1. The molecule has 6 nitrogen and oxygen atoms in total. The zero-order valence-electron chi connectivity index (χ0n) is 19.2. The monoisotopic (exact) mass is 486 g/mol. The van der Waals surface area contributed by atoms with Gasteiger partial charge in [-0.05, 0) is 50.1 Å². The quantitative estimate of drug-likeness (QED) is 0.498. The third-order valence-corrected chi connectivity index (χ3v) is 6.51. The van der Waals surface area contributed by atoms with Crippen LogP contribution in [0.4, 0.5) is 14.6 Å². The van der Waals surface area contributed by atoms with Crippen LogP contribution in [0.2, 0.25) is 5.02 Å². The van der Waals surface area contributed by atoms with Crippen molar-refractivity contribution < 1.29 is 8.78 Å². The molecule has 1 atom stereocenters. The first-order valence-electron chi connectivity index (χ1n) is 11.4. The van der Waals surface area contributed by atoms with E-state index in [1.165, 1.54) is 6.07 Å². The number of pyridine rings is 1. The molecule has 2 aliphatic rings. The van der Waals surface area contributed by atoms with Crippen molar-refractivity contribution in [3.63, 3.8) is 0 Å². The molecule has 0 aliphatic carbocycles. The maximum Gasteiger partial charge on any atom is 0.159 e. The molecule has 34 heavy (non-hydrogen) atoms. The fourth-order valence-electron chi connectivity index (χ4n) is 4.36. The first kappa shape index (κ1) is 24.0. The summed E-state index contributed by atoms with van der Waals surface area (Å²) in [6.07, 6.45) is 5.66. The molecule has 0 spiro atoms. The highest BCUT2D eigenvalue weighted by Gasteiger charge is 2.28. The first-order valence-corrected chi connectivity index (χ1v) is 11.8. The van der Waals surface area contributed by atoms with Crippen LogP contribution in [0, 0.1) is 11.6 Å². The van der Waals surface area contributed by atoms with E-state index in [1.54, 1.807) is 12.3 Å². The molecule has 3 heterocycles. The number of benzene rings is 1. The van der Waals surface area contributed by atoms with E-state index in [0.717, 1.165) is 43.9 Å². The lowest BCUT2D eigenvalue weighted by atomic mass is 10.1. The zero-order valence-corrected chi connectivity index (χ0v) is 20.0. The average Bonchev–Trinajstić information content (AvgIpc) is 3.36. The highest BCUT2D eigenvalue weighted by Crippen LogP contribution is 2.26. The number of halogens is 3. The van der Waals surface area contributed by atoms with Crippen molar-refractivity contribution >= 4 is 29.0 Å². The second-order valence-electron chi connectivity index (χ2n) is 8.61. The summed E-state index contributed by atoms with van der Waals surface area (Å²) in [4.78, 5) is 15.7. The minimum Gasteiger partial charge on any atom is -0.398 e. The lowest BCUT2D eigenvalue weighted by Crippen LogP contribution is -2.54. The zero-order chi connectivity index (χ0) is 24.2. The van der Waals surface area contributed by atoms with Crippen molar-refractivity contribution in [1.29, 1.82) is 0 Å². The van der Waals surface area contributed by atoms with Crippen molar-refractivity contribution in [3.05, 3.63) is 77.2 Å². The van der Waals surface area contributed by atoms with E-state index in [4.69, 9.17) is 22.3 Å². The molecule has 0 amide bonds. The fraction of sp³-hybridized carbons (Fsp3) is 0.360. The van der Waals surface area contributed by atoms with E-state index >= 15 is 0 Å². The molecule has 0 bridgehead atoms. The van der Waals surface area contributed by atoms with Crippen LogP contribution in [0.25, 0.3) is 5.70 Å². The van der Waals surface area contributed by atoms with Crippen LogP contribution < -0.4 is 10.6 Å². The van der Waals surface area contributed by atoms with Crippen LogP contribution in [0.15, 0.2) is 60.0 Å². The molecule has 1 aromatic carbocycles. The molecule has 1 aromatic heterocycles. The third kappa shape index (κ3) is 5.33. The molecule has 4 rings (SSSR count). The standard InChI is InChI=1S/C25H29ClF2N6/c1-17-16-33(25-20(26)6-5-9-30-25)12-13-34(17)24(31-18(2)32-10-3-4-11-32)15-23(29)19-7-8-21(27)22(28)14-19/h5-9,14-15,17H,2-4,10-13,16,29H2,1H3/b23-15-,31-24+/t17-/m0/s1. The van der Waals surface area contributed by atoms with Gasteiger partial charge >= 0.3 is 0 Å². The molecular weight excluding hydrogens is 458 g/mol. The van der Waals surface area contributed by atoms with Gasteiger partial charge in [0.05, 0.1) is 5.02 Å². The van der Waals surface area contributed by atoms with Crippen LogP contribution >= 0.6 is 11.6 Å². The maximum atomic E-state index is 13.8. The van der Waals surface area contributed by atoms with E-state index in [-0.39, 0.29) is 6.04 Å². The van der Waals surface area contributed by atoms with Gasteiger partial charge in [-0.2, -0.15) is 0 Å². The van der Waals surface area contributed by atoms with Gasteiger partial charge in [0.15, 0.2) is 11.6 Å². The van der Waals surface area contributed by atoms with E-state index in [9.17, 15) is 8.78 Å². The first-order chi connectivity index (χ1) is 16.3. The Kier molecular flexibility index (Phi) is 7.36. The SMILES string of the molecule is C=C(/N=C(\C=C(/N)c1ccc(F)c(F)c1)N1CCN(c2ncccc2Cl)C[C@@H]1C)N1CCCC1. The average molecular weight is 487 g/mol. The second-order valence-corrected chi connectivity index (χ2v) is 9.01. The number of aromatic nitrogens is 1. The molecule has 2 fully saturated rings. The molecule has 9 heteroatoms. The minimum atomic E-state index is -0.942. The van der Waals surface area contributed by atoms with Crippen molar-refractivity contribution in [1.82, 2.24) is 14.8 Å². The summed E-state index contributed by atoms with van der Waals surface area (Å²) < 4.78 is 27.2. The molecule has 2 aliphatic heterocycles. The summed E-state index contributed by atoms with van der Waals surface area (Å²) in [5.74, 6) is 0.212. The number of nitrogens with zero attached hydrogens (tertiary/aromatic N) is 5. The Hall–Kier alpha value is -3.13. The molecule has 2 saturated heterocycles.